The van der Waals surface area contributed by atoms with Gasteiger partial charge in [-0.2, -0.15) is 0 Å². The third-order valence-corrected chi connectivity index (χ3v) is 8.24. The summed E-state index contributed by atoms with van der Waals surface area (Å²) in [6.45, 7) is 0.0586. The van der Waals surface area contributed by atoms with E-state index in [1.54, 1.807) is 0 Å². The number of hydrogen-bond acceptors (Lipinski definition) is 5. The number of halogens is 3. The minimum Gasteiger partial charge on any atom is -0.497 e. The first kappa shape index (κ1) is 29.4. The number of amides is 3. The highest BCUT2D eigenvalue weighted by Gasteiger charge is 2.46. The maximum Gasteiger partial charge on any atom is 0.315 e. The van der Waals surface area contributed by atoms with Gasteiger partial charge in [0, 0.05) is 55.0 Å². The van der Waals surface area contributed by atoms with Gasteiger partial charge in [-0.15, -0.1) is 0 Å². The third kappa shape index (κ3) is 5.65. The minimum atomic E-state index is -1.37. The lowest BCUT2D eigenvalue weighted by Gasteiger charge is -2.26. The number of anilines is 1. The molecule has 0 bridgehead atoms. The summed E-state index contributed by atoms with van der Waals surface area (Å²) in [6.07, 6.45) is 3.90. The Morgan fingerprint density at radius 1 is 1.07 bits per heavy atom. The smallest absolute Gasteiger partial charge is 0.315 e. The van der Waals surface area contributed by atoms with E-state index in [1.165, 1.54) is 49.2 Å². The first-order valence-electron chi connectivity index (χ1n) is 13.5. The second kappa shape index (κ2) is 12.0. The fraction of sp³-hybridized carbons (Fsp3) is 0.367. The van der Waals surface area contributed by atoms with E-state index in [-0.39, 0.29) is 29.6 Å². The molecule has 2 N–H and O–H groups in total. The van der Waals surface area contributed by atoms with Crippen molar-refractivity contribution in [1.82, 2.24) is 15.2 Å². The Bertz CT molecular complexity index is 1570. The highest BCUT2D eigenvalue weighted by atomic mass is 35.5. The number of benzene rings is 2. The third-order valence-electron chi connectivity index (χ3n) is 8.01. The molecule has 1 aliphatic heterocycles. The molecule has 2 heterocycles. The molecule has 3 amide bonds. The average molecular weight is 601 g/mol. The Kier molecular flexibility index (Phi) is 8.40. The summed E-state index contributed by atoms with van der Waals surface area (Å²) in [5.41, 5.74) is 1.34. The molecule has 1 saturated heterocycles. The van der Waals surface area contributed by atoms with Gasteiger partial charge in [0.05, 0.1) is 14.2 Å². The van der Waals surface area contributed by atoms with E-state index in [0.717, 1.165) is 36.3 Å². The first-order valence-corrected chi connectivity index (χ1v) is 13.9. The second-order valence-corrected chi connectivity index (χ2v) is 11.0. The Morgan fingerprint density at radius 2 is 1.81 bits per heavy atom. The van der Waals surface area contributed by atoms with E-state index >= 15 is 8.78 Å². The topological polar surface area (TPSA) is 102 Å². The highest BCUT2D eigenvalue weighted by Crippen LogP contribution is 2.38. The van der Waals surface area contributed by atoms with E-state index in [0.29, 0.717) is 11.6 Å². The molecule has 222 valence electrons. The maximum absolute atomic E-state index is 15.3. The van der Waals surface area contributed by atoms with Crippen LogP contribution in [0.2, 0.25) is 5.02 Å². The van der Waals surface area contributed by atoms with E-state index in [4.69, 9.17) is 21.1 Å². The number of methoxy groups -OCH3 is 2. The van der Waals surface area contributed by atoms with Crippen molar-refractivity contribution in [3.8, 4) is 11.5 Å². The molecule has 1 aliphatic carbocycles. The zero-order valence-electron chi connectivity index (χ0n) is 23.4. The Labute approximate surface area is 246 Å². The van der Waals surface area contributed by atoms with Crippen LogP contribution in [0.1, 0.15) is 29.0 Å². The molecule has 3 atom stereocenters. The molecule has 12 heteroatoms. The van der Waals surface area contributed by atoms with E-state index in [1.807, 2.05) is 18.2 Å². The number of carbonyl (C=O) groups excluding carboxylic acids is 2. The summed E-state index contributed by atoms with van der Waals surface area (Å²) >= 11 is 6.11. The summed E-state index contributed by atoms with van der Waals surface area (Å²) in [6, 6.07) is 7.29. The van der Waals surface area contributed by atoms with Gasteiger partial charge in [-0.25, -0.2) is 13.6 Å². The number of rotatable bonds is 7. The number of aromatic nitrogens is 1. The molecule has 2 aromatic carbocycles. The van der Waals surface area contributed by atoms with E-state index in [9.17, 15) is 14.4 Å². The van der Waals surface area contributed by atoms with Crippen molar-refractivity contribution < 1.29 is 27.8 Å². The zero-order chi connectivity index (χ0) is 30.1. The lowest BCUT2D eigenvalue weighted by atomic mass is 9.84. The van der Waals surface area contributed by atoms with Crippen LogP contribution < -0.4 is 30.6 Å². The van der Waals surface area contributed by atoms with Crippen LogP contribution in [-0.4, -0.2) is 49.9 Å². The van der Waals surface area contributed by atoms with Crippen molar-refractivity contribution in [1.29, 1.82) is 0 Å². The van der Waals surface area contributed by atoms with Crippen LogP contribution in [0, 0.1) is 17.6 Å². The number of hydrogen-bond donors (Lipinski definition) is 2. The number of nitrogens with one attached hydrogen (secondary N) is 2. The van der Waals surface area contributed by atoms with Crippen molar-refractivity contribution in [2.24, 2.45) is 13.0 Å². The summed E-state index contributed by atoms with van der Waals surface area (Å²) < 4.78 is 42.1. The Hall–Kier alpha value is -4.12. The largest absolute Gasteiger partial charge is 0.497 e. The summed E-state index contributed by atoms with van der Waals surface area (Å²) in [5, 5.41) is 6.12. The van der Waals surface area contributed by atoms with Crippen LogP contribution in [0.15, 0.2) is 47.4 Å². The average Bonchev–Trinajstić information content (AvgIpc) is 3.27. The normalized spacial score (nSPS) is 19.8. The van der Waals surface area contributed by atoms with E-state index in [2.05, 4.69) is 10.6 Å². The summed E-state index contributed by atoms with van der Waals surface area (Å²) in [7, 11) is 4.13. The molecule has 5 rings (SSSR count). The van der Waals surface area contributed by atoms with Crippen molar-refractivity contribution in [3.63, 3.8) is 0 Å². The summed E-state index contributed by atoms with van der Waals surface area (Å²) in [5.74, 6) is -3.49. The molecule has 0 radical (unpaired) electrons. The quantitative estimate of drug-likeness (QED) is 0.428. The predicted octanol–water partition coefficient (Wildman–Crippen LogP) is 3.94. The highest BCUT2D eigenvalue weighted by molar-refractivity contribution is 6.30. The number of nitrogens with zero attached hydrogens (tertiary/aromatic N) is 2. The van der Waals surface area contributed by atoms with Crippen LogP contribution in [0.3, 0.4) is 0 Å². The van der Waals surface area contributed by atoms with Gasteiger partial charge in [-0.05, 0) is 54.5 Å². The van der Waals surface area contributed by atoms with Crippen molar-refractivity contribution in [3.05, 3.63) is 86.3 Å². The second-order valence-electron chi connectivity index (χ2n) is 10.6. The molecule has 42 heavy (non-hydrogen) atoms. The maximum atomic E-state index is 15.3. The fourth-order valence-corrected chi connectivity index (χ4v) is 6.00. The van der Waals surface area contributed by atoms with Gasteiger partial charge < -0.3 is 29.6 Å². The molecule has 1 aromatic heterocycles. The molecule has 0 spiro atoms. The van der Waals surface area contributed by atoms with Gasteiger partial charge in [-0.3, -0.25) is 9.59 Å². The zero-order valence-corrected chi connectivity index (χ0v) is 24.1. The lowest BCUT2D eigenvalue weighted by molar-refractivity contribution is -0.118. The van der Waals surface area contributed by atoms with Gasteiger partial charge in [0.15, 0.2) is 5.69 Å². The SMILES string of the molecule is COc1cc(F)c([C@@H]2CN(c3c(OC)ccn(C)c3=O)C(=O)[C@H]2NC(=O)NCC2CCc3cc(Cl)ccc3C2)c(F)c1. The molecule has 1 fully saturated rings. The van der Waals surface area contributed by atoms with Gasteiger partial charge in [0.1, 0.15) is 29.2 Å². The molecular formula is C30H31ClF2N4O5. The van der Waals surface area contributed by atoms with Gasteiger partial charge in [0.2, 0.25) is 0 Å². The van der Waals surface area contributed by atoms with Crippen LogP contribution in [-0.2, 0) is 24.7 Å². The number of ether oxygens (including phenoxy) is 2. The molecule has 1 unspecified atom stereocenters. The van der Waals surface area contributed by atoms with Crippen molar-refractivity contribution in [2.45, 2.75) is 31.2 Å². The Balaban J connectivity index is 1.40. The van der Waals surface area contributed by atoms with Crippen molar-refractivity contribution >= 4 is 29.2 Å². The molecular weight excluding hydrogens is 570 g/mol. The number of urea groups is 1. The van der Waals surface area contributed by atoms with E-state index < -0.39 is 46.7 Å². The first-order chi connectivity index (χ1) is 20.1. The molecule has 9 nitrogen and oxygen atoms in total. The van der Waals surface area contributed by atoms with Crippen LogP contribution in [0.25, 0.3) is 0 Å². The van der Waals surface area contributed by atoms with Gasteiger partial charge in [-0.1, -0.05) is 17.7 Å². The van der Waals surface area contributed by atoms with Crippen molar-refractivity contribution in [2.75, 3.05) is 32.2 Å². The molecule has 3 aromatic rings. The predicted molar refractivity (Wildman–Crippen MR) is 154 cm³/mol. The minimum absolute atomic E-state index is 0.0351. The monoisotopic (exact) mass is 600 g/mol. The number of aryl methyl sites for hydroxylation is 2. The van der Waals surface area contributed by atoms with Crippen LogP contribution in [0.5, 0.6) is 11.5 Å². The fourth-order valence-electron chi connectivity index (χ4n) is 5.80. The number of pyridine rings is 1. The van der Waals surface area contributed by atoms with Gasteiger partial charge in [0.25, 0.3) is 11.5 Å². The summed E-state index contributed by atoms with van der Waals surface area (Å²) in [4.78, 5) is 41.1. The standard InChI is InChI=1S/C30H31ClF2N4O5/c1-36-9-8-24(42-3)27(29(36)39)37-15-21(25-22(32)12-20(41-2)13-23(25)33)26(28(37)38)35-30(40)34-14-16-4-5-18-11-19(31)7-6-17(18)10-16/h6-9,11-13,16,21,26H,4-5,10,14-15H2,1-3H3,(H2,34,35,40)/t16?,21-,26-/m0/s1. The number of fused-ring (bicyclic) bond motifs is 1. The Morgan fingerprint density at radius 3 is 2.50 bits per heavy atom. The number of carbonyl (C=O) groups is 2. The van der Waals surface area contributed by atoms with Crippen LogP contribution in [0.4, 0.5) is 19.3 Å². The lowest BCUT2D eigenvalue weighted by Crippen LogP contribution is -2.49. The molecule has 0 saturated carbocycles. The van der Waals surface area contributed by atoms with Gasteiger partial charge >= 0.3 is 6.03 Å². The van der Waals surface area contributed by atoms with Crippen LogP contribution >= 0.6 is 11.6 Å². The molecule has 2 aliphatic rings.